The fraction of sp³-hybridized carbons (Fsp3) is 0.188. The van der Waals surface area contributed by atoms with Crippen LogP contribution in [0.3, 0.4) is 0 Å². The zero-order chi connectivity index (χ0) is 17.1. The molecule has 3 aromatic rings. The fourth-order valence-electron chi connectivity index (χ4n) is 1.97. The molecule has 2 N–H and O–H groups in total. The Morgan fingerprint density at radius 3 is 2.79 bits per heavy atom. The van der Waals surface area contributed by atoms with E-state index in [2.05, 4.69) is 15.6 Å². The Morgan fingerprint density at radius 1 is 1.29 bits per heavy atom. The number of nitrogens with zero attached hydrogens (tertiary/aromatic N) is 1. The largest absolute Gasteiger partial charge is 0.472 e. The third kappa shape index (κ3) is 3.72. The van der Waals surface area contributed by atoms with Gasteiger partial charge in [0.1, 0.15) is 12.3 Å². The number of carbonyl (C=O) groups is 2. The quantitative estimate of drug-likeness (QED) is 0.728. The van der Waals surface area contributed by atoms with Gasteiger partial charge in [-0.05, 0) is 32.0 Å². The van der Waals surface area contributed by atoms with Crippen LogP contribution in [0.15, 0.2) is 40.5 Å². The van der Waals surface area contributed by atoms with Crippen LogP contribution in [-0.2, 0) is 4.79 Å². The number of thiophene rings is 1. The number of hydrogen-bond acceptors (Lipinski definition) is 6. The Labute approximate surface area is 146 Å². The second kappa shape index (κ2) is 6.98. The van der Waals surface area contributed by atoms with Crippen LogP contribution >= 0.6 is 22.7 Å². The van der Waals surface area contributed by atoms with Gasteiger partial charge in [0.25, 0.3) is 5.91 Å². The summed E-state index contributed by atoms with van der Waals surface area (Å²) in [5, 5.41) is 7.74. The van der Waals surface area contributed by atoms with Crippen LogP contribution in [-0.4, -0.2) is 22.8 Å². The van der Waals surface area contributed by atoms with Crippen LogP contribution in [0.25, 0.3) is 10.6 Å². The zero-order valence-corrected chi connectivity index (χ0v) is 14.7. The third-order valence-electron chi connectivity index (χ3n) is 3.25. The highest BCUT2D eigenvalue weighted by Crippen LogP contribution is 2.30. The summed E-state index contributed by atoms with van der Waals surface area (Å²) in [5.74, 6) is -0.685. The summed E-state index contributed by atoms with van der Waals surface area (Å²) in [6.45, 7) is 3.65. The average Bonchev–Trinajstić information content (AvgIpc) is 3.27. The Hall–Kier alpha value is -2.45. The van der Waals surface area contributed by atoms with Crippen LogP contribution in [0.1, 0.15) is 22.2 Å². The first-order chi connectivity index (χ1) is 11.5. The molecule has 0 radical (unpaired) electrons. The van der Waals surface area contributed by atoms with Crippen LogP contribution in [0.2, 0.25) is 0 Å². The molecule has 1 atom stereocenters. The van der Waals surface area contributed by atoms with E-state index in [9.17, 15) is 9.59 Å². The van der Waals surface area contributed by atoms with Gasteiger partial charge in [0.05, 0.1) is 22.4 Å². The molecule has 3 aromatic heterocycles. The maximum Gasteiger partial charge on any atom is 0.255 e. The monoisotopic (exact) mass is 361 g/mol. The van der Waals surface area contributed by atoms with Gasteiger partial charge >= 0.3 is 0 Å². The molecule has 0 saturated heterocycles. The van der Waals surface area contributed by atoms with E-state index in [1.165, 1.54) is 34.8 Å². The number of nitrogens with one attached hydrogen (secondary N) is 2. The molecule has 3 rings (SSSR count). The van der Waals surface area contributed by atoms with Crippen LogP contribution < -0.4 is 10.6 Å². The van der Waals surface area contributed by atoms with Crippen LogP contribution in [0, 0.1) is 6.92 Å². The standard InChI is InChI=1S/C16H15N3O3S2/c1-9-3-4-13(24-9)12-8-23-16(18-12)19-14(20)10(2)17-15(21)11-5-6-22-7-11/h3-8,10H,1-2H3,(H,17,21)(H,18,19,20). The first kappa shape index (κ1) is 16.4. The molecule has 0 aliphatic heterocycles. The van der Waals surface area contributed by atoms with Crippen molar-refractivity contribution in [2.24, 2.45) is 0 Å². The lowest BCUT2D eigenvalue weighted by atomic mass is 10.2. The number of furan rings is 1. The molecular weight excluding hydrogens is 346 g/mol. The number of aromatic nitrogens is 1. The molecular formula is C16H15N3O3S2. The summed E-state index contributed by atoms with van der Waals surface area (Å²) in [4.78, 5) is 30.8. The molecule has 0 spiro atoms. The van der Waals surface area contributed by atoms with Crippen molar-refractivity contribution < 1.29 is 14.0 Å². The van der Waals surface area contributed by atoms with E-state index in [0.29, 0.717) is 10.7 Å². The molecule has 6 nitrogen and oxygen atoms in total. The molecule has 0 saturated carbocycles. The maximum atomic E-state index is 12.2. The number of rotatable bonds is 5. The minimum Gasteiger partial charge on any atom is -0.472 e. The third-order valence-corrected chi connectivity index (χ3v) is 5.03. The van der Waals surface area contributed by atoms with Gasteiger partial charge in [0.2, 0.25) is 5.91 Å². The maximum absolute atomic E-state index is 12.2. The smallest absolute Gasteiger partial charge is 0.255 e. The van der Waals surface area contributed by atoms with Crippen molar-refractivity contribution in [3.05, 3.63) is 46.5 Å². The molecule has 1 unspecified atom stereocenters. The molecule has 24 heavy (non-hydrogen) atoms. The first-order valence-electron chi connectivity index (χ1n) is 7.19. The summed E-state index contributed by atoms with van der Waals surface area (Å²) in [7, 11) is 0. The van der Waals surface area contributed by atoms with Gasteiger partial charge in [0.15, 0.2) is 5.13 Å². The predicted molar refractivity (Wildman–Crippen MR) is 94.4 cm³/mol. The molecule has 0 aromatic carbocycles. The lowest BCUT2D eigenvalue weighted by Gasteiger charge is -2.12. The average molecular weight is 361 g/mol. The highest BCUT2D eigenvalue weighted by molar-refractivity contribution is 7.17. The summed E-state index contributed by atoms with van der Waals surface area (Å²) >= 11 is 3.00. The summed E-state index contributed by atoms with van der Waals surface area (Å²) < 4.78 is 4.85. The normalized spacial score (nSPS) is 11.9. The van der Waals surface area contributed by atoms with Crippen LogP contribution in [0.5, 0.6) is 0 Å². The Kier molecular flexibility index (Phi) is 4.77. The Balaban J connectivity index is 1.60. The van der Waals surface area contributed by atoms with E-state index in [4.69, 9.17) is 4.42 Å². The zero-order valence-electron chi connectivity index (χ0n) is 13.0. The fourth-order valence-corrected chi connectivity index (χ4v) is 3.59. The van der Waals surface area contributed by atoms with Crippen molar-refractivity contribution in [2.75, 3.05) is 5.32 Å². The van der Waals surface area contributed by atoms with Gasteiger partial charge in [-0.2, -0.15) is 0 Å². The van der Waals surface area contributed by atoms with Crippen molar-refractivity contribution in [3.63, 3.8) is 0 Å². The number of aryl methyl sites for hydroxylation is 1. The summed E-state index contributed by atoms with van der Waals surface area (Å²) in [6, 6.07) is 4.89. The first-order valence-corrected chi connectivity index (χ1v) is 8.89. The summed E-state index contributed by atoms with van der Waals surface area (Å²) in [5.41, 5.74) is 1.21. The van der Waals surface area contributed by atoms with Crippen molar-refractivity contribution in [3.8, 4) is 10.6 Å². The van der Waals surface area contributed by atoms with E-state index in [1.807, 2.05) is 24.4 Å². The number of anilines is 1. The Morgan fingerprint density at radius 2 is 2.12 bits per heavy atom. The SMILES string of the molecule is Cc1ccc(-c2csc(NC(=O)C(C)NC(=O)c3ccoc3)n2)s1. The highest BCUT2D eigenvalue weighted by Gasteiger charge is 2.18. The van der Waals surface area contributed by atoms with Crippen molar-refractivity contribution in [1.82, 2.24) is 10.3 Å². The minimum atomic E-state index is -0.691. The van der Waals surface area contributed by atoms with E-state index in [1.54, 1.807) is 18.3 Å². The number of carbonyl (C=O) groups excluding carboxylic acids is 2. The number of hydrogen-bond donors (Lipinski definition) is 2. The predicted octanol–water partition coefficient (Wildman–Crippen LogP) is 3.53. The molecule has 3 heterocycles. The summed E-state index contributed by atoms with van der Waals surface area (Å²) in [6.07, 6.45) is 2.74. The van der Waals surface area contributed by atoms with E-state index in [-0.39, 0.29) is 11.8 Å². The molecule has 8 heteroatoms. The van der Waals surface area contributed by atoms with Gasteiger partial charge in [0, 0.05) is 10.3 Å². The van der Waals surface area contributed by atoms with Crippen LogP contribution in [0.4, 0.5) is 5.13 Å². The van der Waals surface area contributed by atoms with Gasteiger partial charge in [-0.3, -0.25) is 9.59 Å². The molecule has 0 fully saturated rings. The second-order valence-electron chi connectivity index (χ2n) is 5.14. The van der Waals surface area contributed by atoms with E-state index < -0.39 is 6.04 Å². The molecule has 0 bridgehead atoms. The Bertz CT molecular complexity index is 852. The molecule has 2 amide bonds. The lowest BCUT2D eigenvalue weighted by Crippen LogP contribution is -2.41. The minimum absolute atomic E-state index is 0.324. The van der Waals surface area contributed by atoms with Gasteiger partial charge in [-0.15, -0.1) is 22.7 Å². The van der Waals surface area contributed by atoms with E-state index >= 15 is 0 Å². The van der Waals surface area contributed by atoms with Gasteiger partial charge < -0.3 is 15.1 Å². The van der Waals surface area contributed by atoms with Crippen molar-refractivity contribution in [1.29, 1.82) is 0 Å². The topological polar surface area (TPSA) is 84.2 Å². The second-order valence-corrected chi connectivity index (χ2v) is 7.29. The number of amides is 2. The lowest BCUT2D eigenvalue weighted by molar-refractivity contribution is -0.117. The molecule has 124 valence electrons. The molecule has 0 aliphatic carbocycles. The number of thiazole rings is 1. The van der Waals surface area contributed by atoms with Gasteiger partial charge in [-0.25, -0.2) is 4.98 Å². The highest BCUT2D eigenvalue weighted by atomic mass is 32.1. The molecule has 0 aliphatic rings. The van der Waals surface area contributed by atoms with Gasteiger partial charge in [-0.1, -0.05) is 0 Å². The van der Waals surface area contributed by atoms with Crippen molar-refractivity contribution in [2.45, 2.75) is 19.9 Å². The van der Waals surface area contributed by atoms with Crippen molar-refractivity contribution >= 4 is 39.6 Å². The van der Waals surface area contributed by atoms with E-state index in [0.717, 1.165) is 10.6 Å².